The van der Waals surface area contributed by atoms with Crippen LogP contribution in [0, 0.1) is 0 Å². The molecule has 9 nitrogen and oxygen atoms in total. The molecule has 3 aromatic rings. The van der Waals surface area contributed by atoms with E-state index in [0.717, 1.165) is 31.4 Å². The average Bonchev–Trinajstić information content (AvgIpc) is 3.45. The number of oxazole rings is 1. The van der Waals surface area contributed by atoms with Crippen molar-refractivity contribution in [1.29, 1.82) is 0 Å². The van der Waals surface area contributed by atoms with Crippen LogP contribution in [0.15, 0.2) is 28.1 Å². The molecule has 2 aromatic heterocycles. The second-order valence-electron chi connectivity index (χ2n) is 10.4. The molecule has 2 N–H and O–H groups in total. The third-order valence-electron chi connectivity index (χ3n) is 6.54. The number of aliphatic hydroxyl groups is 2. The van der Waals surface area contributed by atoms with E-state index in [2.05, 4.69) is 9.97 Å². The second-order valence-corrected chi connectivity index (χ2v) is 11.3. The molecule has 13 heteroatoms. The van der Waals surface area contributed by atoms with E-state index in [4.69, 9.17) is 9.15 Å². The van der Waals surface area contributed by atoms with E-state index < -0.39 is 23.1 Å². The van der Waals surface area contributed by atoms with Crippen LogP contribution in [0.1, 0.15) is 45.6 Å². The predicted octanol–water partition coefficient (Wildman–Crippen LogP) is 4.63. The Balaban J connectivity index is 1.51. The Morgan fingerprint density at radius 3 is 2.41 bits per heavy atom. The lowest BCUT2D eigenvalue weighted by atomic mass is 9.92. The number of aromatic nitrogens is 2. The summed E-state index contributed by atoms with van der Waals surface area (Å²) in [6.45, 7) is 6.27. The van der Waals surface area contributed by atoms with Crippen LogP contribution < -0.4 is 4.90 Å². The van der Waals surface area contributed by atoms with Crippen molar-refractivity contribution < 1.29 is 37.3 Å². The number of thiazole rings is 1. The Morgan fingerprint density at radius 2 is 1.84 bits per heavy atom. The van der Waals surface area contributed by atoms with Crippen molar-refractivity contribution in [2.75, 3.05) is 18.0 Å². The Hall–Kier alpha value is -2.90. The largest absolute Gasteiger partial charge is 0.447 e. The molecule has 4 heterocycles. The summed E-state index contributed by atoms with van der Waals surface area (Å²) in [5, 5.41) is 21.8. The number of fused-ring (bicyclic) bond motifs is 3. The quantitative estimate of drug-likeness (QED) is 0.463. The molecule has 2 unspecified atom stereocenters. The molecule has 2 fully saturated rings. The maximum Gasteiger partial charge on any atom is 0.447 e. The van der Waals surface area contributed by atoms with Crippen LogP contribution >= 0.6 is 11.3 Å². The van der Waals surface area contributed by atoms with E-state index in [1.807, 2.05) is 25.7 Å². The molecule has 1 amide bonds. The van der Waals surface area contributed by atoms with Gasteiger partial charge < -0.3 is 24.3 Å². The molecule has 0 spiro atoms. The molecule has 2 aliphatic rings. The maximum atomic E-state index is 13.4. The molecule has 200 valence electrons. The van der Waals surface area contributed by atoms with Gasteiger partial charge in [-0.1, -0.05) is 0 Å². The fraction of sp³-hybridized carbons (Fsp3) is 0.542. The van der Waals surface area contributed by atoms with Crippen LogP contribution in [0.25, 0.3) is 21.7 Å². The van der Waals surface area contributed by atoms with Crippen molar-refractivity contribution >= 4 is 34.5 Å². The number of rotatable bonds is 3. The van der Waals surface area contributed by atoms with Crippen LogP contribution in [0.5, 0.6) is 0 Å². The average molecular weight is 541 g/mol. The molecule has 0 radical (unpaired) electrons. The lowest BCUT2D eigenvalue weighted by Gasteiger charge is -2.49. The topological polar surface area (TPSA) is 112 Å². The van der Waals surface area contributed by atoms with Crippen LogP contribution in [0.4, 0.5) is 24.0 Å². The Kier molecular flexibility index (Phi) is 6.15. The number of anilines is 1. The molecule has 5 rings (SSSR count). The number of hydrogen-bond donors (Lipinski definition) is 2. The van der Waals surface area contributed by atoms with Gasteiger partial charge in [0.05, 0.1) is 17.6 Å². The van der Waals surface area contributed by atoms with Gasteiger partial charge in [-0.2, -0.15) is 18.2 Å². The normalized spacial score (nSPS) is 21.0. The standard InChI is InChI=1S/C24H27F3N4O5S/c1-22(2,3)36-21(32)31-14-5-4-6-15(31)12-30(11-14)20-29-17-10-13(23(33,34)24(25,26)27)9-16(18(17)35-20)19-28-7-8-37-19/h7-10,14-15,33-34H,4-6,11-12H2,1-3H3. The second kappa shape index (κ2) is 8.84. The van der Waals surface area contributed by atoms with Gasteiger partial charge in [-0.3, -0.25) is 4.90 Å². The van der Waals surface area contributed by atoms with Crippen LogP contribution in [-0.2, 0) is 10.5 Å². The van der Waals surface area contributed by atoms with Gasteiger partial charge in [0.1, 0.15) is 16.1 Å². The highest BCUT2D eigenvalue weighted by Gasteiger charge is 2.54. The van der Waals surface area contributed by atoms with Gasteiger partial charge in [-0.05, 0) is 52.2 Å². The number of benzene rings is 1. The van der Waals surface area contributed by atoms with Crippen LogP contribution in [0.2, 0.25) is 0 Å². The molecular weight excluding hydrogens is 513 g/mol. The molecule has 1 aromatic carbocycles. The third-order valence-corrected chi connectivity index (χ3v) is 7.34. The minimum atomic E-state index is -5.33. The van der Waals surface area contributed by atoms with Gasteiger partial charge in [-0.25, -0.2) is 9.78 Å². The number of ether oxygens (including phenoxy) is 1. The van der Waals surface area contributed by atoms with Gasteiger partial charge in [0.25, 0.3) is 11.8 Å². The molecule has 2 saturated heterocycles. The van der Waals surface area contributed by atoms with Crippen molar-refractivity contribution in [2.24, 2.45) is 0 Å². The molecule has 37 heavy (non-hydrogen) atoms. The zero-order valence-corrected chi connectivity index (χ0v) is 21.3. The van der Waals surface area contributed by atoms with E-state index >= 15 is 0 Å². The summed E-state index contributed by atoms with van der Waals surface area (Å²) in [6.07, 6.45) is -1.72. The number of amides is 1. The first-order valence-corrected chi connectivity index (χ1v) is 12.8. The summed E-state index contributed by atoms with van der Waals surface area (Å²) in [6, 6.07) is 1.88. The summed E-state index contributed by atoms with van der Waals surface area (Å²) in [5.74, 6) is -4.08. The fourth-order valence-corrected chi connectivity index (χ4v) is 5.56. The Bertz CT molecular complexity index is 1290. The first kappa shape index (κ1) is 25.7. The minimum Gasteiger partial charge on any atom is -0.444 e. The SMILES string of the molecule is CC(C)(C)OC(=O)N1C2CCCC1CN(c1nc3cc(C(O)(O)C(F)(F)F)cc(-c4nccs4)c3o1)C2. The van der Waals surface area contributed by atoms with Gasteiger partial charge in [-0.15, -0.1) is 11.3 Å². The summed E-state index contributed by atoms with van der Waals surface area (Å²) < 4.78 is 51.9. The van der Waals surface area contributed by atoms with Gasteiger partial charge >= 0.3 is 12.3 Å². The van der Waals surface area contributed by atoms with Crippen LogP contribution in [0.3, 0.4) is 0 Å². The lowest BCUT2D eigenvalue weighted by Crippen LogP contribution is -2.63. The number of nitrogens with zero attached hydrogens (tertiary/aromatic N) is 4. The van der Waals surface area contributed by atoms with Gasteiger partial charge in [0.15, 0.2) is 5.58 Å². The highest BCUT2D eigenvalue weighted by atomic mass is 32.1. The molecule has 2 atom stereocenters. The first-order valence-electron chi connectivity index (χ1n) is 11.9. The number of carbonyl (C=O) groups is 1. The summed E-state index contributed by atoms with van der Waals surface area (Å²) >= 11 is 1.17. The van der Waals surface area contributed by atoms with E-state index in [9.17, 15) is 28.2 Å². The summed E-state index contributed by atoms with van der Waals surface area (Å²) in [4.78, 5) is 25.1. The number of hydrogen-bond acceptors (Lipinski definition) is 9. The zero-order valence-electron chi connectivity index (χ0n) is 20.4. The van der Waals surface area contributed by atoms with Crippen molar-refractivity contribution in [1.82, 2.24) is 14.9 Å². The zero-order chi connectivity index (χ0) is 26.8. The maximum absolute atomic E-state index is 13.4. The van der Waals surface area contributed by atoms with E-state index in [-0.39, 0.29) is 40.9 Å². The van der Waals surface area contributed by atoms with E-state index in [1.165, 1.54) is 17.5 Å². The molecule has 2 aliphatic heterocycles. The number of carbonyl (C=O) groups excluding carboxylic acids is 1. The monoisotopic (exact) mass is 540 g/mol. The van der Waals surface area contributed by atoms with E-state index in [0.29, 0.717) is 18.1 Å². The highest BCUT2D eigenvalue weighted by Crippen LogP contribution is 2.42. The minimum absolute atomic E-state index is 0.0363. The number of alkyl halides is 3. The smallest absolute Gasteiger partial charge is 0.444 e. The first-order chi connectivity index (χ1) is 17.2. The van der Waals surface area contributed by atoms with Gasteiger partial charge in [0, 0.05) is 30.2 Å². The number of halogens is 3. The number of piperidine rings is 1. The van der Waals surface area contributed by atoms with Crippen molar-refractivity contribution in [3.63, 3.8) is 0 Å². The fourth-order valence-electron chi connectivity index (χ4n) is 4.91. The lowest BCUT2D eigenvalue weighted by molar-refractivity contribution is -0.358. The Morgan fingerprint density at radius 1 is 1.16 bits per heavy atom. The third kappa shape index (κ3) is 4.75. The van der Waals surface area contributed by atoms with Crippen molar-refractivity contribution in [2.45, 2.75) is 69.7 Å². The van der Waals surface area contributed by atoms with Gasteiger partial charge in [0.2, 0.25) is 0 Å². The number of piperazine rings is 1. The van der Waals surface area contributed by atoms with E-state index in [1.54, 1.807) is 10.3 Å². The molecule has 0 aliphatic carbocycles. The van der Waals surface area contributed by atoms with Crippen molar-refractivity contribution in [3.8, 4) is 10.6 Å². The summed E-state index contributed by atoms with van der Waals surface area (Å²) in [5.41, 5.74) is -1.02. The molecular formula is C24H27F3N4O5S. The molecule has 0 saturated carbocycles. The van der Waals surface area contributed by atoms with Crippen molar-refractivity contribution in [3.05, 3.63) is 29.3 Å². The Labute approximate surface area is 214 Å². The summed E-state index contributed by atoms with van der Waals surface area (Å²) in [7, 11) is 0. The van der Waals surface area contributed by atoms with Crippen LogP contribution in [-0.4, -0.2) is 68.1 Å². The molecule has 2 bridgehead atoms. The highest BCUT2D eigenvalue weighted by molar-refractivity contribution is 7.13. The predicted molar refractivity (Wildman–Crippen MR) is 129 cm³/mol.